The maximum Gasteiger partial charge on any atom is 0.244 e. The van der Waals surface area contributed by atoms with E-state index >= 15 is 0 Å². The lowest BCUT2D eigenvalue weighted by Crippen LogP contribution is -2.30. The van der Waals surface area contributed by atoms with E-state index < -0.39 is 10.0 Å². The number of sulfonamides is 1. The minimum atomic E-state index is -3.63. The van der Waals surface area contributed by atoms with Gasteiger partial charge in [-0.25, -0.2) is 8.42 Å². The van der Waals surface area contributed by atoms with Crippen LogP contribution < -0.4 is 5.32 Å². The van der Waals surface area contributed by atoms with Gasteiger partial charge < -0.3 is 5.32 Å². The van der Waals surface area contributed by atoms with E-state index in [0.717, 1.165) is 13.0 Å². The molecule has 0 saturated carbocycles. The van der Waals surface area contributed by atoms with Crippen molar-refractivity contribution in [1.82, 2.24) is 9.62 Å². The molecule has 0 aliphatic carbocycles. The topological polar surface area (TPSA) is 73.2 Å². The van der Waals surface area contributed by atoms with Crippen LogP contribution in [0.1, 0.15) is 12.0 Å². The molecule has 0 bridgehead atoms. The van der Waals surface area contributed by atoms with Crippen molar-refractivity contribution in [2.24, 2.45) is 5.92 Å². The number of hydrogen-bond acceptors (Lipinski definition) is 4. The van der Waals surface area contributed by atoms with Gasteiger partial charge in [0.2, 0.25) is 10.0 Å². The smallest absolute Gasteiger partial charge is 0.244 e. The van der Waals surface area contributed by atoms with E-state index in [9.17, 15) is 8.42 Å². The zero-order valence-electron chi connectivity index (χ0n) is 11.1. The van der Waals surface area contributed by atoms with E-state index in [0.29, 0.717) is 24.6 Å². The molecule has 1 heterocycles. The Labute approximate surface area is 124 Å². The first-order chi connectivity index (χ1) is 9.48. The summed E-state index contributed by atoms with van der Waals surface area (Å²) in [7, 11) is -1.78. The Hall–Kier alpha value is -1.13. The van der Waals surface area contributed by atoms with Crippen molar-refractivity contribution in [2.75, 3.05) is 26.7 Å². The molecule has 1 aliphatic rings. The fraction of sp³-hybridized carbons (Fsp3) is 0.462. The Morgan fingerprint density at radius 1 is 1.55 bits per heavy atom. The van der Waals surface area contributed by atoms with Crippen LogP contribution in [0.25, 0.3) is 0 Å². The minimum absolute atomic E-state index is 0.0170. The molecule has 1 aromatic rings. The summed E-state index contributed by atoms with van der Waals surface area (Å²) in [5.74, 6) is 0.313. The summed E-state index contributed by atoms with van der Waals surface area (Å²) < 4.78 is 26.6. The van der Waals surface area contributed by atoms with Crippen LogP contribution in [-0.2, 0) is 10.0 Å². The Balaban J connectivity index is 2.30. The summed E-state index contributed by atoms with van der Waals surface area (Å²) in [5, 5.41) is 12.1. The third kappa shape index (κ3) is 2.96. The first-order valence-electron chi connectivity index (χ1n) is 6.33. The highest BCUT2D eigenvalue weighted by Crippen LogP contribution is 2.29. The average molecular weight is 314 g/mol. The van der Waals surface area contributed by atoms with E-state index in [4.69, 9.17) is 16.9 Å². The molecule has 1 aliphatic heterocycles. The zero-order chi connectivity index (χ0) is 14.8. The fourth-order valence-electron chi connectivity index (χ4n) is 2.38. The molecule has 2 rings (SSSR count). The highest BCUT2D eigenvalue weighted by molar-refractivity contribution is 7.89. The Morgan fingerprint density at radius 3 is 2.95 bits per heavy atom. The standard InChI is InChI=1S/C13H16ClN3O2S/c1-16-8-11-4-5-17(9-11)20(18,19)13-6-10(7-15)2-3-12(13)14/h2-3,6,11,16H,4-5,8-9H2,1H3. The van der Waals surface area contributed by atoms with Gasteiger partial charge in [0.05, 0.1) is 16.7 Å². The summed E-state index contributed by atoms with van der Waals surface area (Å²) in [5.41, 5.74) is 0.291. The molecule has 0 spiro atoms. The fourth-order valence-corrected chi connectivity index (χ4v) is 4.41. The predicted molar refractivity (Wildman–Crippen MR) is 77.0 cm³/mol. The first kappa shape index (κ1) is 15.3. The van der Waals surface area contributed by atoms with E-state index in [1.54, 1.807) is 0 Å². The average Bonchev–Trinajstić information content (AvgIpc) is 2.89. The monoisotopic (exact) mass is 313 g/mol. The van der Waals surface area contributed by atoms with Gasteiger partial charge >= 0.3 is 0 Å². The van der Waals surface area contributed by atoms with Gasteiger partial charge in [-0.2, -0.15) is 9.57 Å². The highest BCUT2D eigenvalue weighted by atomic mass is 35.5. The summed E-state index contributed by atoms with van der Waals surface area (Å²) in [6, 6.07) is 6.23. The van der Waals surface area contributed by atoms with E-state index in [1.165, 1.54) is 22.5 Å². The van der Waals surface area contributed by atoms with Crippen LogP contribution in [-0.4, -0.2) is 39.4 Å². The van der Waals surface area contributed by atoms with E-state index in [-0.39, 0.29) is 9.92 Å². The van der Waals surface area contributed by atoms with Crippen LogP contribution >= 0.6 is 11.6 Å². The molecule has 0 amide bonds. The number of hydrogen-bond donors (Lipinski definition) is 1. The van der Waals surface area contributed by atoms with Gasteiger partial charge in [0.25, 0.3) is 0 Å². The van der Waals surface area contributed by atoms with Gasteiger partial charge in [-0.1, -0.05) is 11.6 Å². The van der Waals surface area contributed by atoms with Crippen LogP contribution in [0.2, 0.25) is 5.02 Å². The van der Waals surface area contributed by atoms with Gasteiger partial charge in [-0.3, -0.25) is 0 Å². The summed E-state index contributed by atoms with van der Waals surface area (Å²) in [6.45, 7) is 1.76. The Morgan fingerprint density at radius 2 is 2.30 bits per heavy atom. The maximum atomic E-state index is 12.6. The van der Waals surface area contributed by atoms with Crippen molar-refractivity contribution in [3.63, 3.8) is 0 Å². The van der Waals surface area contributed by atoms with Crippen LogP contribution in [0.3, 0.4) is 0 Å². The van der Waals surface area contributed by atoms with Crippen molar-refractivity contribution >= 4 is 21.6 Å². The van der Waals surface area contributed by atoms with Gasteiger partial charge in [0.1, 0.15) is 4.90 Å². The molecule has 1 saturated heterocycles. The second-order valence-electron chi connectivity index (χ2n) is 4.83. The van der Waals surface area contributed by atoms with Crippen molar-refractivity contribution in [2.45, 2.75) is 11.3 Å². The zero-order valence-corrected chi connectivity index (χ0v) is 12.7. The third-order valence-corrected chi connectivity index (χ3v) is 5.77. The highest BCUT2D eigenvalue weighted by Gasteiger charge is 2.33. The van der Waals surface area contributed by atoms with E-state index in [2.05, 4.69) is 5.32 Å². The van der Waals surface area contributed by atoms with Crippen molar-refractivity contribution in [3.05, 3.63) is 28.8 Å². The van der Waals surface area contributed by atoms with Gasteiger partial charge in [-0.15, -0.1) is 0 Å². The summed E-state index contributed by atoms with van der Waals surface area (Å²) >= 11 is 5.99. The van der Waals surface area contributed by atoms with Crippen molar-refractivity contribution in [1.29, 1.82) is 5.26 Å². The number of nitrogens with zero attached hydrogens (tertiary/aromatic N) is 2. The van der Waals surface area contributed by atoms with Crippen LogP contribution in [0.4, 0.5) is 0 Å². The molecule has 1 unspecified atom stereocenters. The van der Waals surface area contributed by atoms with Crippen LogP contribution in [0.15, 0.2) is 23.1 Å². The van der Waals surface area contributed by atoms with Crippen molar-refractivity contribution in [3.8, 4) is 6.07 Å². The quantitative estimate of drug-likeness (QED) is 0.913. The molecule has 108 valence electrons. The predicted octanol–water partition coefficient (Wildman–Crippen LogP) is 1.44. The number of nitrogens with one attached hydrogen (secondary N) is 1. The molecular formula is C13H16ClN3O2S. The largest absolute Gasteiger partial charge is 0.319 e. The molecule has 5 nitrogen and oxygen atoms in total. The molecule has 1 fully saturated rings. The Kier molecular flexibility index (Phi) is 4.66. The second-order valence-corrected chi connectivity index (χ2v) is 7.15. The number of nitriles is 1. The molecule has 1 N–H and O–H groups in total. The third-order valence-electron chi connectivity index (χ3n) is 3.42. The van der Waals surface area contributed by atoms with Gasteiger partial charge in [-0.05, 0) is 44.1 Å². The summed E-state index contributed by atoms with van der Waals surface area (Å²) in [6.07, 6.45) is 0.829. The number of rotatable bonds is 4. The molecule has 0 radical (unpaired) electrons. The normalized spacial score (nSPS) is 19.9. The lowest BCUT2D eigenvalue weighted by molar-refractivity contribution is 0.451. The Bertz CT molecular complexity index is 640. The van der Waals surface area contributed by atoms with Crippen molar-refractivity contribution < 1.29 is 8.42 Å². The molecule has 1 aromatic carbocycles. The van der Waals surface area contributed by atoms with E-state index in [1.807, 2.05) is 13.1 Å². The molecule has 1 atom stereocenters. The van der Waals surface area contributed by atoms with Gasteiger partial charge in [0, 0.05) is 13.1 Å². The van der Waals surface area contributed by atoms with Gasteiger partial charge in [0.15, 0.2) is 0 Å². The molecule has 7 heteroatoms. The van der Waals surface area contributed by atoms with Crippen LogP contribution in [0, 0.1) is 17.2 Å². The lowest BCUT2D eigenvalue weighted by atomic mass is 10.1. The molecule has 0 aromatic heterocycles. The number of halogens is 1. The minimum Gasteiger partial charge on any atom is -0.319 e. The lowest BCUT2D eigenvalue weighted by Gasteiger charge is -2.17. The van der Waals surface area contributed by atoms with Crippen LogP contribution in [0.5, 0.6) is 0 Å². The second kappa shape index (κ2) is 6.10. The maximum absolute atomic E-state index is 12.6. The molecular weight excluding hydrogens is 298 g/mol. The summed E-state index contributed by atoms with van der Waals surface area (Å²) in [4.78, 5) is 0.0170. The SMILES string of the molecule is CNCC1CCN(S(=O)(=O)c2cc(C#N)ccc2Cl)C1. The number of benzene rings is 1. The first-order valence-corrected chi connectivity index (χ1v) is 8.15. The molecule has 20 heavy (non-hydrogen) atoms.